The van der Waals surface area contributed by atoms with Crippen molar-refractivity contribution in [2.45, 2.75) is 19.9 Å². The Labute approximate surface area is 116 Å². The van der Waals surface area contributed by atoms with Crippen molar-refractivity contribution in [2.24, 2.45) is 5.92 Å². The van der Waals surface area contributed by atoms with E-state index in [9.17, 15) is 14.4 Å². The van der Waals surface area contributed by atoms with E-state index in [1.165, 1.54) is 0 Å². The smallest absolute Gasteiger partial charge is 0.265 e. The number of likely N-dealkylation sites (N-methyl/N-ethyl adjacent to an activating group) is 1. The lowest BCUT2D eigenvalue weighted by Gasteiger charge is -2.23. The molecule has 0 aromatic carbocycles. The number of rotatable bonds is 5. The van der Waals surface area contributed by atoms with E-state index in [2.05, 4.69) is 5.10 Å². The molecule has 1 saturated heterocycles. The molecule has 0 saturated carbocycles. The highest BCUT2D eigenvalue weighted by Gasteiger charge is 2.21. The van der Waals surface area contributed by atoms with Crippen LogP contribution in [0, 0.1) is 5.92 Å². The highest BCUT2D eigenvalue weighted by atomic mass is 16.5. The number of nitrogens with one attached hydrogen (secondary N) is 1. The number of nitrogens with zero attached hydrogens (tertiary/aromatic N) is 2. The van der Waals surface area contributed by atoms with Crippen LogP contribution in [-0.2, 0) is 16.1 Å². The summed E-state index contributed by atoms with van der Waals surface area (Å²) in [5.41, 5.74) is -0.789. The van der Waals surface area contributed by atoms with Gasteiger partial charge in [0, 0.05) is 37.7 Å². The first-order valence-corrected chi connectivity index (χ1v) is 6.76. The number of ether oxygens (including phenoxy) is 1. The molecule has 0 radical (unpaired) electrons. The van der Waals surface area contributed by atoms with E-state index in [0.717, 1.165) is 29.8 Å². The highest BCUT2D eigenvalue weighted by molar-refractivity contribution is 5.75. The average molecular weight is 281 g/mol. The zero-order valence-corrected chi connectivity index (χ0v) is 11.5. The Balaban J connectivity index is 2.03. The summed E-state index contributed by atoms with van der Waals surface area (Å²) in [7, 11) is 0. The van der Waals surface area contributed by atoms with E-state index in [1.54, 1.807) is 4.90 Å². The molecule has 2 heterocycles. The maximum Gasteiger partial charge on any atom is 0.265 e. The number of carbonyl (C=O) groups excluding carboxylic acids is 1. The predicted octanol–water partition coefficient (Wildman–Crippen LogP) is -0.578. The molecule has 2 rings (SSSR count). The van der Waals surface area contributed by atoms with Gasteiger partial charge in [-0.05, 0) is 13.3 Å². The van der Waals surface area contributed by atoms with Crippen molar-refractivity contribution in [1.82, 2.24) is 14.7 Å². The van der Waals surface area contributed by atoms with Crippen LogP contribution in [0.5, 0.6) is 0 Å². The van der Waals surface area contributed by atoms with Crippen LogP contribution in [0.1, 0.15) is 13.3 Å². The monoisotopic (exact) mass is 281 g/mol. The Morgan fingerprint density at radius 3 is 2.95 bits per heavy atom. The fraction of sp³-hybridized carbons (Fsp3) is 0.615. The SMILES string of the molecule is CCN(C[C@H]1CCOC1)C(=O)Cn1[nH]c(=O)ccc1=O. The third-order valence-corrected chi connectivity index (χ3v) is 3.42. The lowest BCUT2D eigenvalue weighted by Crippen LogP contribution is -2.41. The zero-order chi connectivity index (χ0) is 14.5. The summed E-state index contributed by atoms with van der Waals surface area (Å²) in [5, 5.41) is 2.36. The molecule has 1 atom stereocenters. The molecule has 110 valence electrons. The first kappa shape index (κ1) is 14.5. The molecule has 1 N–H and O–H groups in total. The average Bonchev–Trinajstić information content (AvgIpc) is 2.93. The minimum Gasteiger partial charge on any atom is -0.381 e. The van der Waals surface area contributed by atoms with Crippen LogP contribution in [0.2, 0.25) is 0 Å². The molecule has 0 bridgehead atoms. The summed E-state index contributed by atoms with van der Waals surface area (Å²) in [4.78, 5) is 36.6. The van der Waals surface area contributed by atoms with Crippen molar-refractivity contribution >= 4 is 5.91 Å². The van der Waals surface area contributed by atoms with E-state index in [0.29, 0.717) is 25.6 Å². The molecule has 7 nitrogen and oxygen atoms in total. The van der Waals surface area contributed by atoms with Gasteiger partial charge in [0.2, 0.25) is 5.91 Å². The fourth-order valence-electron chi connectivity index (χ4n) is 2.26. The largest absolute Gasteiger partial charge is 0.381 e. The van der Waals surface area contributed by atoms with Gasteiger partial charge in [-0.25, -0.2) is 4.68 Å². The number of amides is 1. The van der Waals surface area contributed by atoms with Crippen LogP contribution in [0.15, 0.2) is 21.7 Å². The zero-order valence-electron chi connectivity index (χ0n) is 11.5. The molecule has 1 aliphatic rings. The molecule has 0 spiro atoms. The molecular formula is C13H19N3O4. The van der Waals surface area contributed by atoms with Crippen molar-refractivity contribution < 1.29 is 9.53 Å². The van der Waals surface area contributed by atoms with Gasteiger partial charge in [0.15, 0.2) is 0 Å². The van der Waals surface area contributed by atoms with Gasteiger partial charge in [-0.2, -0.15) is 0 Å². The number of aromatic amines is 1. The van der Waals surface area contributed by atoms with Gasteiger partial charge < -0.3 is 9.64 Å². The first-order chi connectivity index (χ1) is 9.60. The van der Waals surface area contributed by atoms with Gasteiger partial charge in [0.25, 0.3) is 11.1 Å². The summed E-state index contributed by atoms with van der Waals surface area (Å²) in [5.74, 6) is 0.175. The van der Waals surface area contributed by atoms with Crippen LogP contribution in [0.3, 0.4) is 0 Å². The summed E-state index contributed by atoms with van der Waals surface area (Å²) in [6.07, 6.45) is 0.950. The summed E-state index contributed by atoms with van der Waals surface area (Å²) in [6.45, 7) is 4.36. The standard InChI is InChI=1S/C13H19N3O4/c1-2-15(7-10-5-6-20-9-10)13(19)8-16-12(18)4-3-11(17)14-16/h3-4,10H,2,5-9H2,1H3,(H,14,17)/t10-/m1/s1. The molecule has 1 aromatic rings. The third-order valence-electron chi connectivity index (χ3n) is 3.42. The Kier molecular flexibility index (Phi) is 4.73. The second-order valence-electron chi connectivity index (χ2n) is 4.90. The molecular weight excluding hydrogens is 262 g/mol. The molecule has 0 aliphatic carbocycles. The highest BCUT2D eigenvalue weighted by Crippen LogP contribution is 2.14. The van der Waals surface area contributed by atoms with Gasteiger partial charge in [-0.15, -0.1) is 0 Å². The lowest BCUT2D eigenvalue weighted by molar-refractivity contribution is -0.132. The van der Waals surface area contributed by atoms with Crippen molar-refractivity contribution in [3.63, 3.8) is 0 Å². The lowest BCUT2D eigenvalue weighted by atomic mass is 10.1. The first-order valence-electron chi connectivity index (χ1n) is 6.76. The second-order valence-corrected chi connectivity index (χ2v) is 4.90. The van der Waals surface area contributed by atoms with Gasteiger partial charge in [-0.3, -0.25) is 19.5 Å². The van der Waals surface area contributed by atoms with Crippen LogP contribution in [0.4, 0.5) is 0 Å². The molecule has 1 fully saturated rings. The number of carbonyl (C=O) groups is 1. The van der Waals surface area contributed by atoms with Crippen LogP contribution >= 0.6 is 0 Å². The molecule has 1 aliphatic heterocycles. The maximum atomic E-state index is 12.2. The second kappa shape index (κ2) is 6.51. The van der Waals surface area contributed by atoms with E-state index in [-0.39, 0.29) is 12.5 Å². The predicted molar refractivity (Wildman–Crippen MR) is 72.5 cm³/mol. The summed E-state index contributed by atoms with van der Waals surface area (Å²) in [6, 6.07) is 2.31. The third kappa shape index (κ3) is 3.57. The van der Waals surface area contributed by atoms with Crippen molar-refractivity contribution in [2.75, 3.05) is 26.3 Å². The quantitative estimate of drug-likeness (QED) is 0.782. The number of hydrogen-bond donors (Lipinski definition) is 1. The minimum absolute atomic E-state index is 0.143. The van der Waals surface area contributed by atoms with E-state index in [4.69, 9.17) is 4.74 Å². The molecule has 20 heavy (non-hydrogen) atoms. The van der Waals surface area contributed by atoms with E-state index < -0.39 is 11.1 Å². The van der Waals surface area contributed by atoms with Gasteiger partial charge in [0.1, 0.15) is 6.54 Å². The normalized spacial score (nSPS) is 18.1. The Morgan fingerprint density at radius 2 is 2.30 bits per heavy atom. The van der Waals surface area contributed by atoms with E-state index >= 15 is 0 Å². The fourth-order valence-corrected chi connectivity index (χ4v) is 2.26. The number of aromatic nitrogens is 2. The molecule has 7 heteroatoms. The summed E-state index contributed by atoms with van der Waals surface area (Å²) >= 11 is 0. The number of H-pyrrole nitrogens is 1. The molecule has 1 amide bonds. The summed E-state index contributed by atoms with van der Waals surface area (Å²) < 4.78 is 6.33. The van der Waals surface area contributed by atoms with Crippen LogP contribution in [0.25, 0.3) is 0 Å². The van der Waals surface area contributed by atoms with Crippen LogP contribution < -0.4 is 11.1 Å². The van der Waals surface area contributed by atoms with Gasteiger partial charge in [0.05, 0.1) is 6.61 Å². The number of hydrogen-bond acceptors (Lipinski definition) is 4. The van der Waals surface area contributed by atoms with Crippen molar-refractivity contribution in [3.8, 4) is 0 Å². The van der Waals surface area contributed by atoms with E-state index in [1.807, 2.05) is 6.92 Å². The topological polar surface area (TPSA) is 84.4 Å². The Hall–Kier alpha value is -1.89. The Bertz CT molecular complexity index is 571. The molecule has 0 unspecified atom stereocenters. The van der Waals surface area contributed by atoms with Crippen molar-refractivity contribution in [3.05, 3.63) is 32.8 Å². The minimum atomic E-state index is -0.398. The Morgan fingerprint density at radius 1 is 1.50 bits per heavy atom. The van der Waals surface area contributed by atoms with Gasteiger partial charge in [-0.1, -0.05) is 0 Å². The van der Waals surface area contributed by atoms with Crippen LogP contribution in [-0.4, -0.2) is 46.9 Å². The van der Waals surface area contributed by atoms with Crippen molar-refractivity contribution in [1.29, 1.82) is 0 Å². The van der Waals surface area contributed by atoms with Gasteiger partial charge >= 0.3 is 0 Å². The molecule has 1 aromatic heterocycles. The maximum absolute atomic E-state index is 12.2.